The van der Waals surface area contributed by atoms with Gasteiger partial charge in [-0.15, -0.1) is 0 Å². The quantitative estimate of drug-likeness (QED) is 0.831. The summed E-state index contributed by atoms with van der Waals surface area (Å²) in [6.45, 7) is 3.92. The van der Waals surface area contributed by atoms with E-state index in [1.54, 1.807) is 30.9 Å². The van der Waals surface area contributed by atoms with E-state index in [2.05, 4.69) is 5.16 Å². The second kappa shape index (κ2) is 6.22. The molecule has 0 N–H and O–H groups in total. The van der Waals surface area contributed by atoms with E-state index in [0.29, 0.717) is 35.0 Å². The molecule has 8 heteroatoms. The summed E-state index contributed by atoms with van der Waals surface area (Å²) in [5.41, 5.74) is 0.932. The van der Waals surface area contributed by atoms with Crippen LogP contribution in [-0.2, 0) is 9.84 Å². The smallest absolute Gasteiger partial charge is 0.259 e. The Balaban J connectivity index is 1.80. The van der Waals surface area contributed by atoms with E-state index in [0.717, 1.165) is 0 Å². The van der Waals surface area contributed by atoms with E-state index in [1.165, 1.54) is 12.1 Å². The highest BCUT2D eigenvalue weighted by Crippen LogP contribution is 2.27. The SMILES string of the molecule is Cc1noc(C)c1C(=O)N1CCC(S(=O)(=O)c2ccc(Cl)cc2)C1. The minimum absolute atomic E-state index is 0.161. The summed E-state index contributed by atoms with van der Waals surface area (Å²) < 4.78 is 30.5. The number of benzene rings is 1. The highest BCUT2D eigenvalue weighted by atomic mass is 35.5. The van der Waals surface area contributed by atoms with E-state index in [4.69, 9.17) is 16.1 Å². The van der Waals surface area contributed by atoms with Crippen LogP contribution in [0.2, 0.25) is 5.02 Å². The van der Waals surface area contributed by atoms with Crippen LogP contribution >= 0.6 is 11.6 Å². The van der Waals surface area contributed by atoms with Crippen LogP contribution in [0.15, 0.2) is 33.7 Å². The highest BCUT2D eigenvalue weighted by molar-refractivity contribution is 7.92. The number of sulfone groups is 1. The molecule has 2 heterocycles. The minimum atomic E-state index is -3.50. The molecule has 1 aromatic carbocycles. The molecule has 1 unspecified atom stereocenters. The molecule has 128 valence electrons. The van der Waals surface area contributed by atoms with Crippen LogP contribution in [0.1, 0.15) is 28.2 Å². The average Bonchev–Trinajstić information content (AvgIpc) is 3.15. The van der Waals surface area contributed by atoms with Crippen LogP contribution in [0.3, 0.4) is 0 Å². The van der Waals surface area contributed by atoms with Gasteiger partial charge in [0.25, 0.3) is 5.91 Å². The van der Waals surface area contributed by atoms with Gasteiger partial charge in [-0.25, -0.2) is 8.42 Å². The number of carbonyl (C=O) groups is 1. The maximum Gasteiger partial charge on any atom is 0.259 e. The Kier molecular flexibility index (Phi) is 4.40. The minimum Gasteiger partial charge on any atom is -0.361 e. The predicted octanol–water partition coefficient (Wildman–Crippen LogP) is 2.63. The van der Waals surface area contributed by atoms with Gasteiger partial charge in [-0.2, -0.15) is 0 Å². The second-order valence-corrected chi connectivity index (χ2v) is 8.52. The first-order chi connectivity index (χ1) is 11.3. The Morgan fingerprint density at radius 2 is 1.96 bits per heavy atom. The molecule has 0 radical (unpaired) electrons. The first-order valence-electron chi connectivity index (χ1n) is 7.52. The van der Waals surface area contributed by atoms with Gasteiger partial charge >= 0.3 is 0 Å². The number of halogens is 1. The second-order valence-electron chi connectivity index (χ2n) is 5.86. The predicted molar refractivity (Wildman–Crippen MR) is 88.9 cm³/mol. The van der Waals surface area contributed by atoms with Gasteiger partial charge in [0, 0.05) is 18.1 Å². The molecule has 2 aromatic rings. The number of nitrogens with zero attached hydrogens (tertiary/aromatic N) is 2. The first kappa shape index (κ1) is 17.0. The number of carbonyl (C=O) groups excluding carboxylic acids is 1. The van der Waals surface area contributed by atoms with Crippen LogP contribution in [0, 0.1) is 13.8 Å². The Morgan fingerprint density at radius 1 is 1.29 bits per heavy atom. The van der Waals surface area contributed by atoms with E-state index >= 15 is 0 Å². The van der Waals surface area contributed by atoms with Crippen LogP contribution in [0.4, 0.5) is 0 Å². The van der Waals surface area contributed by atoms with Crippen LogP contribution in [-0.4, -0.2) is 42.7 Å². The van der Waals surface area contributed by atoms with Crippen molar-refractivity contribution in [3.05, 3.63) is 46.3 Å². The number of likely N-dealkylation sites (tertiary alicyclic amines) is 1. The maximum absolute atomic E-state index is 12.7. The summed E-state index contributed by atoms with van der Waals surface area (Å²) in [5, 5.41) is 3.64. The third-order valence-electron chi connectivity index (χ3n) is 4.26. The van der Waals surface area contributed by atoms with Gasteiger partial charge < -0.3 is 9.42 Å². The lowest BCUT2D eigenvalue weighted by molar-refractivity contribution is 0.0791. The summed E-state index contributed by atoms with van der Waals surface area (Å²) >= 11 is 5.81. The Labute approximate surface area is 145 Å². The molecule has 0 saturated carbocycles. The lowest BCUT2D eigenvalue weighted by Crippen LogP contribution is -2.32. The lowest BCUT2D eigenvalue weighted by Gasteiger charge is -2.16. The normalized spacial score (nSPS) is 18.1. The zero-order chi connectivity index (χ0) is 17.5. The number of rotatable bonds is 3. The summed E-state index contributed by atoms with van der Waals surface area (Å²) in [7, 11) is -3.50. The van der Waals surface area contributed by atoms with Gasteiger partial charge in [0.2, 0.25) is 0 Å². The molecule has 1 aliphatic rings. The molecule has 24 heavy (non-hydrogen) atoms. The molecule has 6 nitrogen and oxygen atoms in total. The van der Waals surface area contributed by atoms with Gasteiger partial charge in [0.1, 0.15) is 11.3 Å². The molecule has 1 saturated heterocycles. The fourth-order valence-corrected chi connectivity index (χ4v) is 4.75. The van der Waals surface area contributed by atoms with E-state index < -0.39 is 15.1 Å². The van der Waals surface area contributed by atoms with Crippen molar-refractivity contribution < 1.29 is 17.7 Å². The van der Waals surface area contributed by atoms with E-state index in [-0.39, 0.29) is 17.3 Å². The standard InChI is InChI=1S/C16H17ClN2O4S/c1-10-15(11(2)23-18-10)16(20)19-8-7-14(9-19)24(21,22)13-5-3-12(17)4-6-13/h3-6,14H,7-9H2,1-2H3. The number of aromatic nitrogens is 1. The van der Waals surface area contributed by atoms with Gasteiger partial charge in [-0.05, 0) is 44.5 Å². The first-order valence-corrected chi connectivity index (χ1v) is 9.44. The fourth-order valence-electron chi connectivity index (χ4n) is 2.93. The molecule has 3 rings (SSSR count). The summed E-state index contributed by atoms with van der Waals surface area (Å²) in [5.74, 6) is 0.210. The molecular weight excluding hydrogens is 352 g/mol. The topological polar surface area (TPSA) is 80.5 Å². The summed E-state index contributed by atoms with van der Waals surface area (Å²) in [4.78, 5) is 14.4. The van der Waals surface area contributed by atoms with Gasteiger partial charge in [0.15, 0.2) is 9.84 Å². The van der Waals surface area contributed by atoms with Crippen molar-refractivity contribution >= 4 is 27.3 Å². The van der Waals surface area contributed by atoms with Crippen molar-refractivity contribution in [1.82, 2.24) is 10.1 Å². The third kappa shape index (κ3) is 2.93. The largest absolute Gasteiger partial charge is 0.361 e. The lowest BCUT2D eigenvalue weighted by atomic mass is 10.2. The van der Waals surface area contributed by atoms with Crippen LogP contribution < -0.4 is 0 Å². The molecule has 0 aliphatic carbocycles. The van der Waals surface area contributed by atoms with Crippen LogP contribution in [0.25, 0.3) is 0 Å². The number of hydrogen-bond donors (Lipinski definition) is 0. The number of aryl methyl sites for hydroxylation is 2. The Bertz CT molecular complexity index is 854. The van der Waals surface area contributed by atoms with Crippen molar-refractivity contribution in [3.63, 3.8) is 0 Å². The molecule has 1 aromatic heterocycles. The highest BCUT2D eigenvalue weighted by Gasteiger charge is 2.37. The zero-order valence-electron chi connectivity index (χ0n) is 13.3. The maximum atomic E-state index is 12.7. The molecule has 0 spiro atoms. The summed E-state index contributed by atoms with van der Waals surface area (Å²) in [6.07, 6.45) is 0.403. The monoisotopic (exact) mass is 368 g/mol. The van der Waals surface area contributed by atoms with Crippen molar-refractivity contribution in [2.24, 2.45) is 0 Å². The van der Waals surface area contributed by atoms with Gasteiger partial charge in [0.05, 0.1) is 15.8 Å². The molecule has 1 atom stereocenters. The van der Waals surface area contributed by atoms with Crippen molar-refractivity contribution in [2.75, 3.05) is 13.1 Å². The van der Waals surface area contributed by atoms with Crippen molar-refractivity contribution in [1.29, 1.82) is 0 Å². The zero-order valence-corrected chi connectivity index (χ0v) is 14.9. The average molecular weight is 369 g/mol. The van der Waals surface area contributed by atoms with E-state index in [1.807, 2.05) is 0 Å². The molecule has 1 amide bonds. The molecule has 1 aliphatic heterocycles. The van der Waals surface area contributed by atoms with E-state index in [9.17, 15) is 13.2 Å². The fraction of sp³-hybridized carbons (Fsp3) is 0.375. The van der Waals surface area contributed by atoms with Gasteiger partial charge in [-0.1, -0.05) is 16.8 Å². The van der Waals surface area contributed by atoms with Gasteiger partial charge in [-0.3, -0.25) is 4.79 Å². The Morgan fingerprint density at radius 3 is 2.54 bits per heavy atom. The van der Waals surface area contributed by atoms with Crippen LogP contribution in [0.5, 0.6) is 0 Å². The molecule has 0 bridgehead atoms. The number of amides is 1. The number of hydrogen-bond acceptors (Lipinski definition) is 5. The molecule has 1 fully saturated rings. The molecular formula is C16H17ClN2O4S. The van der Waals surface area contributed by atoms with Crippen molar-refractivity contribution in [2.45, 2.75) is 30.4 Å². The van der Waals surface area contributed by atoms with Crippen molar-refractivity contribution in [3.8, 4) is 0 Å². The Hall–Kier alpha value is -1.86. The summed E-state index contributed by atoms with van der Waals surface area (Å²) in [6, 6.07) is 6.10. The third-order valence-corrected chi connectivity index (χ3v) is 6.70.